The van der Waals surface area contributed by atoms with Crippen LogP contribution in [0.25, 0.3) is 10.9 Å². The number of carbonyl (C=O) groups is 2. The molecule has 1 atom stereocenters. The van der Waals surface area contributed by atoms with Gasteiger partial charge in [0.15, 0.2) is 6.10 Å². The molecule has 1 unspecified atom stereocenters. The van der Waals surface area contributed by atoms with Crippen molar-refractivity contribution in [1.29, 1.82) is 0 Å². The highest BCUT2D eigenvalue weighted by Gasteiger charge is 2.23. The average molecular weight is 294 g/mol. The number of aromatic amines is 1. The number of H-pyrrole nitrogens is 1. The number of ketones is 1. The summed E-state index contributed by atoms with van der Waals surface area (Å²) in [6, 6.07) is 12.4. The Morgan fingerprint density at radius 3 is 2.68 bits per heavy atom. The average Bonchev–Trinajstić information content (AvgIpc) is 2.99. The van der Waals surface area contributed by atoms with Crippen LogP contribution in [0.5, 0.6) is 0 Å². The Bertz CT molecular complexity index is 824. The number of benzene rings is 1. The van der Waals surface area contributed by atoms with Crippen molar-refractivity contribution in [2.45, 2.75) is 13.0 Å². The van der Waals surface area contributed by atoms with E-state index in [0.29, 0.717) is 5.56 Å². The van der Waals surface area contributed by atoms with Crippen molar-refractivity contribution < 1.29 is 14.3 Å². The van der Waals surface area contributed by atoms with Crippen LogP contribution < -0.4 is 0 Å². The molecule has 22 heavy (non-hydrogen) atoms. The number of para-hydroxylation sites is 1. The second kappa shape index (κ2) is 5.81. The number of ether oxygens (including phenoxy) is 1. The van der Waals surface area contributed by atoms with Gasteiger partial charge in [0.25, 0.3) is 0 Å². The van der Waals surface area contributed by atoms with Crippen LogP contribution in [0.2, 0.25) is 0 Å². The first-order chi connectivity index (χ1) is 10.7. The molecular weight excluding hydrogens is 280 g/mol. The summed E-state index contributed by atoms with van der Waals surface area (Å²) in [5, 5.41) is 0.813. The van der Waals surface area contributed by atoms with E-state index in [1.807, 2.05) is 24.3 Å². The van der Waals surface area contributed by atoms with E-state index >= 15 is 0 Å². The molecule has 110 valence electrons. The summed E-state index contributed by atoms with van der Waals surface area (Å²) >= 11 is 0. The highest BCUT2D eigenvalue weighted by molar-refractivity contribution is 6.10. The van der Waals surface area contributed by atoms with Crippen LogP contribution >= 0.6 is 0 Å². The van der Waals surface area contributed by atoms with E-state index in [1.54, 1.807) is 31.3 Å². The molecule has 0 radical (unpaired) electrons. The van der Waals surface area contributed by atoms with Crippen molar-refractivity contribution in [1.82, 2.24) is 9.97 Å². The Hall–Kier alpha value is -2.95. The lowest BCUT2D eigenvalue weighted by Crippen LogP contribution is -2.24. The maximum Gasteiger partial charge on any atom is 0.357 e. The van der Waals surface area contributed by atoms with Crippen LogP contribution in [-0.4, -0.2) is 27.8 Å². The number of carbonyl (C=O) groups excluding carboxylic acids is 2. The molecule has 3 rings (SSSR count). The van der Waals surface area contributed by atoms with E-state index in [1.165, 1.54) is 6.20 Å². The lowest BCUT2D eigenvalue weighted by molar-refractivity contribution is 0.0313. The van der Waals surface area contributed by atoms with E-state index in [2.05, 4.69) is 9.97 Å². The molecule has 0 bridgehead atoms. The van der Waals surface area contributed by atoms with Gasteiger partial charge in [0, 0.05) is 28.9 Å². The Labute approximate surface area is 126 Å². The van der Waals surface area contributed by atoms with Gasteiger partial charge in [0.1, 0.15) is 5.69 Å². The maximum absolute atomic E-state index is 12.5. The molecule has 0 fully saturated rings. The summed E-state index contributed by atoms with van der Waals surface area (Å²) in [5.74, 6) is -0.858. The maximum atomic E-state index is 12.5. The number of pyridine rings is 1. The van der Waals surface area contributed by atoms with Crippen LogP contribution in [0.4, 0.5) is 0 Å². The van der Waals surface area contributed by atoms with Crippen molar-refractivity contribution in [3.63, 3.8) is 0 Å². The number of nitrogens with zero attached hydrogens (tertiary/aromatic N) is 1. The minimum Gasteiger partial charge on any atom is -0.450 e. The summed E-state index contributed by atoms with van der Waals surface area (Å²) in [6.45, 7) is 1.56. The normalized spacial score (nSPS) is 12.0. The Kier molecular flexibility index (Phi) is 3.70. The SMILES string of the molecule is CC(OC(=O)c1ccccn1)C(=O)c1c[nH]c2ccccc12. The van der Waals surface area contributed by atoms with Gasteiger partial charge in [-0.3, -0.25) is 4.79 Å². The first kappa shape index (κ1) is 14.0. The van der Waals surface area contributed by atoms with Gasteiger partial charge in [-0.1, -0.05) is 24.3 Å². The summed E-state index contributed by atoms with van der Waals surface area (Å²) in [6.07, 6.45) is 2.26. The fourth-order valence-corrected chi connectivity index (χ4v) is 2.25. The summed E-state index contributed by atoms with van der Waals surface area (Å²) in [4.78, 5) is 31.4. The van der Waals surface area contributed by atoms with Crippen LogP contribution in [-0.2, 0) is 4.74 Å². The molecule has 2 aromatic heterocycles. The zero-order valence-corrected chi connectivity index (χ0v) is 11.9. The second-order valence-corrected chi connectivity index (χ2v) is 4.87. The molecule has 3 aromatic rings. The monoisotopic (exact) mass is 294 g/mol. The predicted octanol–water partition coefficient (Wildman–Crippen LogP) is 2.99. The first-order valence-electron chi connectivity index (χ1n) is 6.89. The largest absolute Gasteiger partial charge is 0.450 e. The molecule has 0 aliphatic rings. The fraction of sp³-hybridized carbons (Fsp3) is 0.118. The van der Waals surface area contributed by atoms with Crippen molar-refractivity contribution >= 4 is 22.7 Å². The van der Waals surface area contributed by atoms with E-state index in [-0.39, 0.29) is 11.5 Å². The molecule has 5 heteroatoms. The highest BCUT2D eigenvalue weighted by Crippen LogP contribution is 2.20. The number of rotatable bonds is 4. The Balaban J connectivity index is 1.79. The molecule has 2 heterocycles. The number of hydrogen-bond acceptors (Lipinski definition) is 4. The number of aromatic nitrogens is 2. The minimum atomic E-state index is -0.881. The number of Topliss-reactive ketones (excluding diaryl/α,β-unsaturated/α-hetero) is 1. The molecule has 0 saturated heterocycles. The number of esters is 1. The van der Waals surface area contributed by atoms with Gasteiger partial charge in [0.2, 0.25) is 5.78 Å². The van der Waals surface area contributed by atoms with Crippen LogP contribution in [0.1, 0.15) is 27.8 Å². The van der Waals surface area contributed by atoms with Crippen molar-refractivity contribution in [2.75, 3.05) is 0 Å². The topological polar surface area (TPSA) is 72.0 Å². The van der Waals surface area contributed by atoms with Gasteiger partial charge in [-0.05, 0) is 25.1 Å². The Morgan fingerprint density at radius 1 is 1.14 bits per heavy atom. The zero-order chi connectivity index (χ0) is 15.5. The van der Waals surface area contributed by atoms with E-state index in [0.717, 1.165) is 10.9 Å². The number of hydrogen-bond donors (Lipinski definition) is 1. The van der Waals surface area contributed by atoms with E-state index in [4.69, 9.17) is 4.74 Å². The molecular formula is C17H14N2O3. The van der Waals surface area contributed by atoms with Crippen LogP contribution in [0.3, 0.4) is 0 Å². The first-order valence-corrected chi connectivity index (χ1v) is 6.89. The summed E-state index contributed by atoms with van der Waals surface area (Å²) in [7, 11) is 0. The number of fused-ring (bicyclic) bond motifs is 1. The molecule has 1 N–H and O–H groups in total. The van der Waals surface area contributed by atoms with E-state index < -0.39 is 12.1 Å². The second-order valence-electron chi connectivity index (χ2n) is 4.87. The molecule has 0 saturated carbocycles. The van der Waals surface area contributed by atoms with Gasteiger partial charge in [-0.25, -0.2) is 9.78 Å². The fourth-order valence-electron chi connectivity index (χ4n) is 2.25. The highest BCUT2D eigenvalue weighted by atomic mass is 16.5. The number of nitrogens with one attached hydrogen (secondary N) is 1. The lowest BCUT2D eigenvalue weighted by Gasteiger charge is -2.11. The molecule has 0 amide bonds. The van der Waals surface area contributed by atoms with Crippen molar-refractivity contribution in [3.8, 4) is 0 Å². The molecule has 0 aliphatic carbocycles. The molecule has 0 aliphatic heterocycles. The zero-order valence-electron chi connectivity index (χ0n) is 11.9. The van der Waals surface area contributed by atoms with Crippen molar-refractivity contribution in [3.05, 3.63) is 66.1 Å². The standard InChI is InChI=1S/C17H14N2O3/c1-11(22-17(21)15-8-4-5-9-18-15)16(20)13-10-19-14-7-3-2-6-12(13)14/h2-11,19H,1H3. The quantitative estimate of drug-likeness (QED) is 0.593. The summed E-state index contributed by atoms with van der Waals surface area (Å²) in [5.41, 5.74) is 1.56. The van der Waals surface area contributed by atoms with E-state index in [9.17, 15) is 9.59 Å². The minimum absolute atomic E-state index is 0.182. The van der Waals surface area contributed by atoms with Gasteiger partial charge in [-0.15, -0.1) is 0 Å². The Morgan fingerprint density at radius 2 is 1.91 bits per heavy atom. The summed E-state index contributed by atoms with van der Waals surface area (Å²) < 4.78 is 5.21. The van der Waals surface area contributed by atoms with Crippen molar-refractivity contribution in [2.24, 2.45) is 0 Å². The van der Waals surface area contributed by atoms with Gasteiger partial charge in [-0.2, -0.15) is 0 Å². The van der Waals surface area contributed by atoms with Gasteiger partial charge >= 0.3 is 5.97 Å². The van der Waals surface area contributed by atoms with Crippen LogP contribution in [0.15, 0.2) is 54.9 Å². The smallest absolute Gasteiger partial charge is 0.357 e. The van der Waals surface area contributed by atoms with Gasteiger partial charge in [0.05, 0.1) is 0 Å². The predicted molar refractivity (Wildman–Crippen MR) is 81.7 cm³/mol. The third-order valence-electron chi connectivity index (χ3n) is 3.38. The van der Waals surface area contributed by atoms with Crippen LogP contribution in [0, 0.1) is 0 Å². The molecule has 1 aromatic carbocycles. The third-order valence-corrected chi connectivity index (χ3v) is 3.38. The molecule has 0 spiro atoms. The van der Waals surface area contributed by atoms with Gasteiger partial charge < -0.3 is 9.72 Å². The third kappa shape index (κ3) is 2.61. The lowest BCUT2D eigenvalue weighted by atomic mass is 10.1. The molecule has 5 nitrogen and oxygen atoms in total.